The summed E-state index contributed by atoms with van der Waals surface area (Å²) < 4.78 is 7.17. The van der Waals surface area contributed by atoms with Crippen LogP contribution in [0.1, 0.15) is 54.3 Å². The summed E-state index contributed by atoms with van der Waals surface area (Å²) in [6.45, 7) is 6.10. The van der Waals surface area contributed by atoms with Crippen LogP contribution in [-0.2, 0) is 20.9 Å². The molecule has 3 aliphatic rings. The van der Waals surface area contributed by atoms with Gasteiger partial charge in [-0.1, -0.05) is 26.0 Å². The second kappa shape index (κ2) is 6.51. The fraction of sp³-hybridized carbons (Fsp3) is 0.435. The zero-order valence-corrected chi connectivity index (χ0v) is 18.2. The first-order chi connectivity index (χ1) is 15.1. The molecule has 1 aromatic heterocycles. The number of carbonyl (C=O) groups is 4. The van der Waals surface area contributed by atoms with E-state index in [1.807, 2.05) is 20.8 Å². The van der Waals surface area contributed by atoms with Gasteiger partial charge in [0.25, 0.3) is 17.7 Å². The molecule has 2 aromatic rings. The third-order valence-corrected chi connectivity index (χ3v) is 7.77. The molecule has 1 aromatic carbocycles. The van der Waals surface area contributed by atoms with Crippen molar-refractivity contribution in [3.05, 3.63) is 47.8 Å². The minimum absolute atomic E-state index is 0.161. The van der Waals surface area contributed by atoms with Crippen LogP contribution in [-0.4, -0.2) is 50.5 Å². The number of benzene rings is 1. The van der Waals surface area contributed by atoms with E-state index >= 15 is 0 Å². The summed E-state index contributed by atoms with van der Waals surface area (Å²) in [7, 11) is 0. The maximum absolute atomic E-state index is 13.2. The molecule has 2 fully saturated rings. The third kappa shape index (κ3) is 2.47. The van der Waals surface area contributed by atoms with Crippen molar-refractivity contribution >= 4 is 29.4 Å². The molecule has 1 aliphatic carbocycles. The molecule has 9 nitrogen and oxygen atoms in total. The van der Waals surface area contributed by atoms with Crippen LogP contribution in [0.4, 0.5) is 5.69 Å². The summed E-state index contributed by atoms with van der Waals surface area (Å²) in [6.07, 6.45) is 4.20. The van der Waals surface area contributed by atoms with Gasteiger partial charge < -0.3 is 10.1 Å². The van der Waals surface area contributed by atoms with E-state index in [-0.39, 0.29) is 36.8 Å². The number of nitrogens with one attached hydrogen (secondary N) is 1. The average Bonchev–Trinajstić information content (AvgIpc) is 3.40. The predicted molar refractivity (Wildman–Crippen MR) is 113 cm³/mol. The Balaban J connectivity index is 1.26. The highest BCUT2D eigenvalue weighted by molar-refractivity contribution is 6.21. The molecule has 0 radical (unpaired) electrons. The van der Waals surface area contributed by atoms with E-state index in [0.29, 0.717) is 29.7 Å². The van der Waals surface area contributed by atoms with Crippen molar-refractivity contribution in [1.82, 2.24) is 14.7 Å². The smallest absolute Gasteiger partial charge is 0.313 e. The molecule has 3 heterocycles. The lowest BCUT2D eigenvalue weighted by atomic mass is 9.66. The van der Waals surface area contributed by atoms with Crippen LogP contribution in [0.3, 0.4) is 0 Å². The quantitative estimate of drug-likeness (QED) is 0.569. The summed E-state index contributed by atoms with van der Waals surface area (Å²) in [4.78, 5) is 51.7. The fourth-order valence-corrected chi connectivity index (χ4v) is 5.17. The standard InChI is InChI=1S/C23H24N4O5/c1-21(2)22(3)8-9-23(21,32-20(22)31)19(30)25-14-12-24-26(13-14)10-11-27-17(28)15-6-4-5-7-16(15)18(27)29/h4-7,12-13H,8-11H2,1-3H3,(H,25,30)/t22-,23+/m0/s1. The van der Waals surface area contributed by atoms with Gasteiger partial charge in [0.05, 0.1) is 35.0 Å². The lowest BCUT2D eigenvalue weighted by Crippen LogP contribution is -2.50. The van der Waals surface area contributed by atoms with E-state index < -0.39 is 16.4 Å². The van der Waals surface area contributed by atoms with E-state index in [0.717, 1.165) is 0 Å². The van der Waals surface area contributed by atoms with Crippen molar-refractivity contribution in [3.8, 4) is 0 Å². The molecular weight excluding hydrogens is 412 g/mol. The van der Waals surface area contributed by atoms with Gasteiger partial charge in [0.1, 0.15) is 0 Å². The van der Waals surface area contributed by atoms with Crippen molar-refractivity contribution in [3.63, 3.8) is 0 Å². The van der Waals surface area contributed by atoms with Crippen LogP contribution in [0, 0.1) is 10.8 Å². The molecule has 0 spiro atoms. The summed E-state index contributed by atoms with van der Waals surface area (Å²) in [5.74, 6) is -1.34. The topological polar surface area (TPSA) is 111 Å². The number of rotatable bonds is 5. The van der Waals surface area contributed by atoms with E-state index in [1.54, 1.807) is 35.1 Å². The summed E-state index contributed by atoms with van der Waals surface area (Å²) in [5, 5.41) is 7.05. The lowest BCUT2D eigenvalue weighted by molar-refractivity contribution is -0.165. The highest BCUT2D eigenvalue weighted by Crippen LogP contribution is 2.65. The second-order valence-corrected chi connectivity index (χ2v) is 9.43. The first kappa shape index (κ1) is 20.4. The number of carbonyl (C=O) groups excluding carboxylic acids is 4. The Morgan fingerprint density at radius 1 is 1.06 bits per heavy atom. The van der Waals surface area contributed by atoms with E-state index in [1.165, 1.54) is 11.1 Å². The maximum Gasteiger partial charge on any atom is 0.313 e. The van der Waals surface area contributed by atoms with Gasteiger partial charge in [-0.2, -0.15) is 5.10 Å². The number of fused-ring (bicyclic) bond motifs is 3. The molecular formula is C23H24N4O5. The molecule has 2 atom stereocenters. The fourth-order valence-electron chi connectivity index (χ4n) is 5.17. The summed E-state index contributed by atoms with van der Waals surface area (Å²) in [6, 6.07) is 6.74. The molecule has 5 rings (SSSR count). The molecule has 166 valence electrons. The number of anilines is 1. The number of hydrogen-bond acceptors (Lipinski definition) is 6. The van der Waals surface area contributed by atoms with Crippen molar-refractivity contribution in [2.75, 3.05) is 11.9 Å². The second-order valence-electron chi connectivity index (χ2n) is 9.43. The number of nitrogens with zero attached hydrogens (tertiary/aromatic N) is 3. The number of aromatic nitrogens is 2. The SMILES string of the molecule is CC1(C)[C@@]2(C)CC[C@]1(C(=O)Nc1cnn(CCN3C(=O)c4ccccc4C3=O)c1)OC2=O. The predicted octanol–water partition coefficient (Wildman–Crippen LogP) is 2.24. The Kier molecular flexibility index (Phi) is 4.15. The van der Waals surface area contributed by atoms with Crippen molar-refractivity contribution < 1.29 is 23.9 Å². The number of esters is 1. The maximum atomic E-state index is 13.2. The first-order valence-electron chi connectivity index (χ1n) is 10.6. The molecule has 0 unspecified atom stereocenters. The minimum Gasteiger partial charge on any atom is -0.448 e. The Labute approximate surface area is 184 Å². The molecule has 32 heavy (non-hydrogen) atoms. The molecule has 2 bridgehead atoms. The van der Waals surface area contributed by atoms with Gasteiger partial charge >= 0.3 is 5.97 Å². The molecule has 9 heteroatoms. The summed E-state index contributed by atoms with van der Waals surface area (Å²) in [5.41, 5.74) is -1.26. The normalized spacial score (nSPS) is 27.6. The Morgan fingerprint density at radius 2 is 1.72 bits per heavy atom. The first-order valence-corrected chi connectivity index (χ1v) is 10.6. The van der Waals surface area contributed by atoms with Crippen LogP contribution in [0.15, 0.2) is 36.7 Å². The Morgan fingerprint density at radius 3 is 2.28 bits per heavy atom. The molecule has 2 aliphatic heterocycles. The zero-order valence-electron chi connectivity index (χ0n) is 18.2. The van der Waals surface area contributed by atoms with Crippen LogP contribution in [0.2, 0.25) is 0 Å². The number of imide groups is 1. The van der Waals surface area contributed by atoms with Crippen molar-refractivity contribution in [1.29, 1.82) is 0 Å². The molecule has 1 saturated heterocycles. The van der Waals surface area contributed by atoms with Crippen molar-refractivity contribution in [2.24, 2.45) is 10.8 Å². The third-order valence-electron chi connectivity index (χ3n) is 7.77. The zero-order chi connectivity index (χ0) is 22.9. The minimum atomic E-state index is -1.21. The highest BCUT2D eigenvalue weighted by Gasteiger charge is 2.75. The van der Waals surface area contributed by atoms with Crippen LogP contribution >= 0.6 is 0 Å². The van der Waals surface area contributed by atoms with Crippen molar-refractivity contribution in [2.45, 2.75) is 45.8 Å². The van der Waals surface area contributed by atoms with Crippen LogP contribution in [0.25, 0.3) is 0 Å². The highest BCUT2D eigenvalue weighted by atomic mass is 16.6. The van der Waals surface area contributed by atoms with E-state index in [2.05, 4.69) is 10.4 Å². The summed E-state index contributed by atoms with van der Waals surface area (Å²) >= 11 is 0. The van der Waals surface area contributed by atoms with Gasteiger partial charge in [0, 0.05) is 18.2 Å². The monoisotopic (exact) mass is 436 g/mol. The van der Waals surface area contributed by atoms with Gasteiger partial charge in [-0.25, -0.2) is 0 Å². The van der Waals surface area contributed by atoms with Gasteiger partial charge in [0.2, 0.25) is 0 Å². The number of amides is 3. The number of ether oxygens (including phenoxy) is 1. The Hall–Kier alpha value is -3.49. The van der Waals surface area contributed by atoms with Crippen LogP contribution < -0.4 is 5.32 Å². The van der Waals surface area contributed by atoms with E-state index in [4.69, 9.17) is 4.74 Å². The van der Waals surface area contributed by atoms with E-state index in [9.17, 15) is 19.2 Å². The van der Waals surface area contributed by atoms with Gasteiger partial charge in [-0.15, -0.1) is 0 Å². The average molecular weight is 436 g/mol. The molecule has 1 N–H and O–H groups in total. The van der Waals surface area contributed by atoms with Gasteiger partial charge in [0.15, 0.2) is 5.60 Å². The molecule has 1 saturated carbocycles. The van der Waals surface area contributed by atoms with Crippen LogP contribution in [0.5, 0.6) is 0 Å². The lowest BCUT2D eigenvalue weighted by Gasteiger charge is -2.35. The largest absolute Gasteiger partial charge is 0.448 e. The van der Waals surface area contributed by atoms with Gasteiger partial charge in [-0.05, 0) is 31.9 Å². The van der Waals surface area contributed by atoms with Gasteiger partial charge in [-0.3, -0.25) is 28.8 Å². The molecule has 3 amide bonds. The Bertz CT molecular complexity index is 1150. The number of hydrogen-bond donors (Lipinski definition) is 1.